The molecule has 0 bridgehead atoms. The summed E-state index contributed by atoms with van der Waals surface area (Å²) in [6.07, 6.45) is 0. The fourth-order valence-corrected chi connectivity index (χ4v) is 2.43. The number of nitriles is 1. The number of nitrogens with zero attached hydrogens (tertiary/aromatic N) is 2. The molecule has 0 atom stereocenters. The topological polar surface area (TPSA) is 45.8 Å². The average molecular weight is 289 g/mol. The predicted molar refractivity (Wildman–Crippen MR) is 69.5 cm³/mol. The zero-order valence-corrected chi connectivity index (χ0v) is 10.7. The second kappa shape index (κ2) is 4.56. The lowest BCUT2D eigenvalue weighted by Crippen LogP contribution is -2.21. The molecule has 17 heavy (non-hydrogen) atoms. The van der Waals surface area contributed by atoms with Crippen LogP contribution < -0.4 is 5.56 Å². The van der Waals surface area contributed by atoms with E-state index in [0.717, 1.165) is 15.7 Å². The Kier molecular flexibility index (Phi) is 3.12. The Morgan fingerprint density at radius 1 is 1.29 bits per heavy atom. The first kappa shape index (κ1) is 11.6. The van der Waals surface area contributed by atoms with Gasteiger partial charge in [0.25, 0.3) is 5.56 Å². The Balaban J connectivity index is 2.78. The third kappa shape index (κ3) is 2.02. The molecule has 2 aromatic rings. The van der Waals surface area contributed by atoms with E-state index in [-0.39, 0.29) is 11.1 Å². The van der Waals surface area contributed by atoms with Gasteiger partial charge in [-0.15, -0.1) is 0 Å². The van der Waals surface area contributed by atoms with Gasteiger partial charge in [0.15, 0.2) is 0 Å². The summed E-state index contributed by atoms with van der Waals surface area (Å²) in [5, 5.41) is 8.84. The lowest BCUT2D eigenvalue weighted by atomic mass is 10.1. The summed E-state index contributed by atoms with van der Waals surface area (Å²) in [6.45, 7) is 0. The highest BCUT2D eigenvalue weighted by Crippen LogP contribution is 2.26. The van der Waals surface area contributed by atoms with Crippen LogP contribution in [0.4, 0.5) is 0 Å². The van der Waals surface area contributed by atoms with Gasteiger partial charge in [-0.1, -0.05) is 30.3 Å². The van der Waals surface area contributed by atoms with Crippen LogP contribution in [0, 0.1) is 11.3 Å². The second-order valence-electron chi connectivity index (χ2n) is 3.60. The van der Waals surface area contributed by atoms with Gasteiger partial charge in [-0.05, 0) is 27.6 Å². The Labute approximate surface area is 107 Å². The standard InChI is InChI=1S/C13H9BrN2O/c1-16-12(9-5-3-2-4-6-9)11(14)7-10(8-15)13(16)17/h2-7H,1H3. The molecular formula is C13H9BrN2O. The van der Waals surface area contributed by atoms with Crippen LogP contribution in [-0.2, 0) is 7.05 Å². The average Bonchev–Trinajstić information content (AvgIpc) is 2.35. The van der Waals surface area contributed by atoms with Crippen LogP contribution in [0.15, 0.2) is 45.7 Å². The van der Waals surface area contributed by atoms with Gasteiger partial charge >= 0.3 is 0 Å². The van der Waals surface area contributed by atoms with E-state index in [9.17, 15) is 4.79 Å². The van der Waals surface area contributed by atoms with Crippen molar-refractivity contribution in [2.24, 2.45) is 7.05 Å². The van der Waals surface area contributed by atoms with Crippen molar-refractivity contribution in [2.75, 3.05) is 0 Å². The highest BCUT2D eigenvalue weighted by molar-refractivity contribution is 9.10. The molecule has 0 saturated heterocycles. The van der Waals surface area contributed by atoms with E-state index >= 15 is 0 Å². The van der Waals surface area contributed by atoms with E-state index in [1.807, 2.05) is 36.4 Å². The summed E-state index contributed by atoms with van der Waals surface area (Å²) in [6, 6.07) is 13.0. The molecule has 0 unspecified atom stereocenters. The Morgan fingerprint density at radius 3 is 2.53 bits per heavy atom. The van der Waals surface area contributed by atoms with Crippen molar-refractivity contribution in [2.45, 2.75) is 0 Å². The maximum Gasteiger partial charge on any atom is 0.268 e. The van der Waals surface area contributed by atoms with E-state index in [1.165, 1.54) is 4.57 Å². The van der Waals surface area contributed by atoms with Crippen LogP contribution in [0.3, 0.4) is 0 Å². The molecule has 84 valence electrons. The first-order valence-corrected chi connectivity index (χ1v) is 5.79. The van der Waals surface area contributed by atoms with Gasteiger partial charge in [0.1, 0.15) is 11.6 Å². The van der Waals surface area contributed by atoms with Gasteiger partial charge in [-0.25, -0.2) is 0 Å². The molecule has 1 aromatic heterocycles. The molecule has 0 radical (unpaired) electrons. The molecule has 4 heteroatoms. The first-order valence-electron chi connectivity index (χ1n) is 5.00. The smallest absolute Gasteiger partial charge is 0.268 e. The SMILES string of the molecule is Cn1c(-c2ccccc2)c(Br)cc(C#N)c1=O. The monoisotopic (exact) mass is 288 g/mol. The van der Waals surface area contributed by atoms with Crippen LogP contribution in [0.1, 0.15) is 5.56 Å². The molecule has 0 N–H and O–H groups in total. The zero-order valence-electron chi connectivity index (χ0n) is 9.14. The van der Waals surface area contributed by atoms with Gasteiger partial charge in [-0.2, -0.15) is 5.26 Å². The summed E-state index contributed by atoms with van der Waals surface area (Å²) < 4.78 is 2.22. The predicted octanol–water partition coefficient (Wildman–Crippen LogP) is 2.69. The fraction of sp³-hybridized carbons (Fsp3) is 0.0769. The van der Waals surface area contributed by atoms with Crippen LogP contribution in [0.5, 0.6) is 0 Å². The molecule has 0 amide bonds. The Bertz CT molecular complexity index is 654. The summed E-state index contributed by atoms with van der Waals surface area (Å²) in [4.78, 5) is 11.9. The zero-order chi connectivity index (χ0) is 12.4. The molecule has 0 saturated carbocycles. The highest BCUT2D eigenvalue weighted by Gasteiger charge is 2.11. The number of hydrogen-bond acceptors (Lipinski definition) is 2. The van der Waals surface area contributed by atoms with Gasteiger partial charge in [0.2, 0.25) is 0 Å². The second-order valence-corrected chi connectivity index (χ2v) is 4.45. The number of hydrogen-bond donors (Lipinski definition) is 0. The van der Waals surface area contributed by atoms with E-state index < -0.39 is 0 Å². The number of pyridine rings is 1. The van der Waals surface area contributed by atoms with E-state index in [4.69, 9.17) is 5.26 Å². The summed E-state index contributed by atoms with van der Waals surface area (Å²) in [7, 11) is 1.66. The largest absolute Gasteiger partial charge is 0.309 e. The number of benzene rings is 1. The van der Waals surface area contributed by atoms with Crippen molar-refractivity contribution in [3.63, 3.8) is 0 Å². The molecule has 0 fully saturated rings. The number of aromatic nitrogens is 1. The molecule has 2 rings (SSSR count). The van der Waals surface area contributed by atoms with Gasteiger partial charge in [0.05, 0.1) is 5.69 Å². The van der Waals surface area contributed by atoms with Crippen molar-refractivity contribution in [1.29, 1.82) is 5.26 Å². The minimum atomic E-state index is -0.283. The highest BCUT2D eigenvalue weighted by atomic mass is 79.9. The third-order valence-electron chi connectivity index (χ3n) is 2.54. The van der Waals surface area contributed by atoms with E-state index in [2.05, 4.69) is 15.9 Å². The summed E-state index contributed by atoms with van der Waals surface area (Å²) >= 11 is 3.40. The Hall–Kier alpha value is -1.86. The van der Waals surface area contributed by atoms with Gasteiger partial charge in [-0.3, -0.25) is 4.79 Å². The van der Waals surface area contributed by atoms with Crippen LogP contribution in [-0.4, -0.2) is 4.57 Å². The van der Waals surface area contributed by atoms with Crippen LogP contribution in [0.25, 0.3) is 11.3 Å². The Morgan fingerprint density at radius 2 is 1.94 bits per heavy atom. The lowest BCUT2D eigenvalue weighted by molar-refractivity contribution is 0.861. The fourth-order valence-electron chi connectivity index (χ4n) is 1.71. The van der Waals surface area contributed by atoms with Crippen LogP contribution in [0.2, 0.25) is 0 Å². The minimum absolute atomic E-state index is 0.138. The maximum absolute atomic E-state index is 11.9. The van der Waals surface area contributed by atoms with Crippen molar-refractivity contribution in [3.8, 4) is 17.3 Å². The lowest BCUT2D eigenvalue weighted by Gasteiger charge is -2.11. The molecule has 1 aromatic carbocycles. The molecule has 0 aliphatic rings. The summed E-state index contributed by atoms with van der Waals surface area (Å²) in [5.74, 6) is 0. The van der Waals surface area contributed by atoms with Crippen LogP contribution >= 0.6 is 15.9 Å². The van der Waals surface area contributed by atoms with Crippen molar-refractivity contribution < 1.29 is 0 Å². The third-order valence-corrected chi connectivity index (χ3v) is 3.14. The van der Waals surface area contributed by atoms with Crippen molar-refractivity contribution in [1.82, 2.24) is 4.57 Å². The molecular weight excluding hydrogens is 280 g/mol. The molecule has 0 spiro atoms. The quantitative estimate of drug-likeness (QED) is 0.810. The first-order chi connectivity index (χ1) is 8.15. The number of halogens is 1. The van der Waals surface area contributed by atoms with Gasteiger partial charge < -0.3 is 4.57 Å². The van der Waals surface area contributed by atoms with Crippen molar-refractivity contribution in [3.05, 3.63) is 56.8 Å². The molecule has 0 aliphatic heterocycles. The summed E-state index contributed by atoms with van der Waals surface area (Å²) in [5.41, 5.74) is 1.56. The number of rotatable bonds is 1. The van der Waals surface area contributed by atoms with E-state index in [1.54, 1.807) is 13.1 Å². The molecule has 3 nitrogen and oxygen atoms in total. The molecule has 1 heterocycles. The normalized spacial score (nSPS) is 9.94. The maximum atomic E-state index is 11.9. The van der Waals surface area contributed by atoms with Crippen molar-refractivity contribution >= 4 is 15.9 Å². The minimum Gasteiger partial charge on any atom is -0.309 e. The van der Waals surface area contributed by atoms with Gasteiger partial charge in [0, 0.05) is 11.5 Å². The van der Waals surface area contributed by atoms with E-state index in [0.29, 0.717) is 0 Å². The molecule has 0 aliphatic carbocycles.